The van der Waals surface area contributed by atoms with E-state index in [-0.39, 0.29) is 0 Å². The van der Waals surface area contributed by atoms with Crippen LogP contribution in [0.25, 0.3) is 27.7 Å². The molecule has 0 unspecified atom stereocenters. The predicted molar refractivity (Wildman–Crippen MR) is 129 cm³/mol. The second-order valence-electron chi connectivity index (χ2n) is 7.56. The smallest absolute Gasteiger partial charge is 0.203 e. The van der Waals surface area contributed by atoms with Crippen LogP contribution in [0.4, 0.5) is 5.82 Å². The summed E-state index contributed by atoms with van der Waals surface area (Å²) in [6.45, 7) is 0.515. The average molecular weight is 441 g/mol. The highest BCUT2D eigenvalue weighted by molar-refractivity contribution is 5.87. The minimum atomic E-state index is 0.515. The van der Waals surface area contributed by atoms with Gasteiger partial charge in [-0.1, -0.05) is 36.4 Å². The molecule has 7 nitrogen and oxygen atoms in total. The lowest BCUT2D eigenvalue weighted by Crippen LogP contribution is -2.06. The molecule has 0 atom stereocenters. The monoisotopic (exact) mass is 440 g/mol. The van der Waals surface area contributed by atoms with Crippen LogP contribution in [0.3, 0.4) is 0 Å². The van der Waals surface area contributed by atoms with Crippen LogP contribution in [0.15, 0.2) is 73.2 Å². The summed E-state index contributed by atoms with van der Waals surface area (Å²) in [6.07, 6.45) is 5.61. The number of fused-ring (bicyclic) bond motifs is 2. The van der Waals surface area contributed by atoms with E-state index in [2.05, 4.69) is 50.0 Å². The lowest BCUT2D eigenvalue weighted by atomic mass is 10.1. The standard InChI is InChI=1S/C26H24N4O3/c1-31-22-12-17(13-23(32-2)24(22)33-3)15-28-25-26-27-10-11-30(26)21(16-29-25)20-9-8-18-6-4-5-7-19(18)14-20/h4-14,16H,15H2,1-3H3,(H,28,29). The molecule has 33 heavy (non-hydrogen) atoms. The van der Waals surface area contributed by atoms with Crippen LogP contribution in [0, 0.1) is 0 Å². The molecule has 7 heteroatoms. The number of methoxy groups -OCH3 is 3. The Morgan fingerprint density at radius 1 is 0.848 bits per heavy atom. The second-order valence-corrected chi connectivity index (χ2v) is 7.56. The summed E-state index contributed by atoms with van der Waals surface area (Å²) >= 11 is 0. The summed E-state index contributed by atoms with van der Waals surface area (Å²) in [5.41, 5.74) is 3.79. The molecule has 0 amide bonds. The Labute approximate surface area is 191 Å². The zero-order valence-electron chi connectivity index (χ0n) is 18.7. The lowest BCUT2D eigenvalue weighted by molar-refractivity contribution is 0.324. The van der Waals surface area contributed by atoms with Crippen LogP contribution in [-0.2, 0) is 6.54 Å². The number of nitrogens with zero attached hydrogens (tertiary/aromatic N) is 3. The molecule has 5 aromatic rings. The van der Waals surface area contributed by atoms with Crippen LogP contribution in [0.1, 0.15) is 5.56 Å². The van der Waals surface area contributed by atoms with Crippen LogP contribution in [-0.4, -0.2) is 35.7 Å². The van der Waals surface area contributed by atoms with Crippen LogP contribution in [0.5, 0.6) is 17.2 Å². The van der Waals surface area contributed by atoms with Gasteiger partial charge < -0.3 is 19.5 Å². The molecular formula is C26H24N4O3. The minimum absolute atomic E-state index is 0.515. The van der Waals surface area contributed by atoms with Crippen molar-refractivity contribution in [1.29, 1.82) is 0 Å². The van der Waals surface area contributed by atoms with Crippen molar-refractivity contribution in [2.24, 2.45) is 0 Å². The zero-order chi connectivity index (χ0) is 22.8. The Bertz CT molecular complexity index is 1420. The first-order chi connectivity index (χ1) is 16.2. The van der Waals surface area contributed by atoms with Gasteiger partial charge in [-0.25, -0.2) is 9.97 Å². The van der Waals surface area contributed by atoms with E-state index in [1.807, 2.05) is 36.7 Å². The van der Waals surface area contributed by atoms with Crippen molar-refractivity contribution in [3.63, 3.8) is 0 Å². The van der Waals surface area contributed by atoms with Gasteiger partial charge >= 0.3 is 0 Å². The maximum atomic E-state index is 5.46. The normalized spacial score (nSPS) is 11.0. The fraction of sp³-hybridized carbons (Fsp3) is 0.154. The first-order valence-corrected chi connectivity index (χ1v) is 10.6. The Balaban J connectivity index is 1.47. The summed E-state index contributed by atoms with van der Waals surface area (Å²) in [6, 6.07) is 18.6. The van der Waals surface area contributed by atoms with Crippen molar-refractivity contribution in [1.82, 2.24) is 14.4 Å². The number of ether oxygens (including phenoxy) is 3. The van der Waals surface area contributed by atoms with Gasteiger partial charge in [0.1, 0.15) is 0 Å². The number of hydrogen-bond acceptors (Lipinski definition) is 6. The number of anilines is 1. The molecule has 0 saturated heterocycles. The van der Waals surface area contributed by atoms with Gasteiger partial charge in [-0.15, -0.1) is 0 Å². The Morgan fingerprint density at radius 3 is 2.33 bits per heavy atom. The predicted octanol–water partition coefficient (Wildman–Crippen LogP) is 5.19. The van der Waals surface area contributed by atoms with E-state index in [1.165, 1.54) is 10.8 Å². The van der Waals surface area contributed by atoms with Crippen LogP contribution < -0.4 is 19.5 Å². The number of rotatable bonds is 7. The third-order valence-electron chi connectivity index (χ3n) is 5.66. The van der Waals surface area contributed by atoms with Crippen LogP contribution >= 0.6 is 0 Å². The first kappa shape index (κ1) is 20.6. The second kappa shape index (κ2) is 8.70. The summed E-state index contributed by atoms with van der Waals surface area (Å²) in [7, 11) is 4.81. The Hall–Kier alpha value is -4.26. The molecule has 0 aliphatic heterocycles. The van der Waals surface area contributed by atoms with Gasteiger partial charge in [0, 0.05) is 24.5 Å². The average Bonchev–Trinajstić information content (AvgIpc) is 3.36. The number of hydrogen-bond donors (Lipinski definition) is 1. The summed E-state index contributed by atoms with van der Waals surface area (Å²) in [5, 5.41) is 5.79. The quantitative estimate of drug-likeness (QED) is 0.376. The SMILES string of the molecule is COc1cc(CNc2ncc(-c3ccc4ccccc4c3)n3ccnc23)cc(OC)c1OC. The van der Waals surface area contributed by atoms with E-state index in [1.54, 1.807) is 27.5 Å². The molecule has 3 aromatic carbocycles. The van der Waals surface area contributed by atoms with Gasteiger partial charge in [0.25, 0.3) is 0 Å². The van der Waals surface area contributed by atoms with Gasteiger partial charge in [-0.05, 0) is 34.5 Å². The number of benzene rings is 3. The molecule has 0 saturated carbocycles. The molecule has 0 bridgehead atoms. The van der Waals surface area contributed by atoms with Crippen molar-refractivity contribution >= 4 is 22.2 Å². The van der Waals surface area contributed by atoms with Gasteiger partial charge in [0.05, 0.1) is 33.2 Å². The first-order valence-electron chi connectivity index (χ1n) is 10.6. The van der Waals surface area contributed by atoms with Crippen molar-refractivity contribution in [2.75, 3.05) is 26.6 Å². The molecule has 2 heterocycles. The number of nitrogens with one attached hydrogen (secondary N) is 1. The van der Waals surface area contributed by atoms with Gasteiger partial charge in [-0.2, -0.15) is 0 Å². The summed E-state index contributed by atoms with van der Waals surface area (Å²) in [5.74, 6) is 2.48. The molecule has 2 aromatic heterocycles. The van der Waals surface area contributed by atoms with Gasteiger partial charge in [0.15, 0.2) is 23.0 Å². The van der Waals surface area contributed by atoms with E-state index >= 15 is 0 Å². The van der Waals surface area contributed by atoms with E-state index < -0.39 is 0 Å². The maximum Gasteiger partial charge on any atom is 0.203 e. The third-order valence-corrected chi connectivity index (χ3v) is 5.66. The van der Waals surface area contributed by atoms with E-state index in [9.17, 15) is 0 Å². The van der Waals surface area contributed by atoms with Gasteiger partial charge in [0.2, 0.25) is 5.75 Å². The zero-order valence-corrected chi connectivity index (χ0v) is 18.7. The molecule has 0 aliphatic rings. The highest BCUT2D eigenvalue weighted by Crippen LogP contribution is 2.38. The molecule has 5 rings (SSSR count). The Morgan fingerprint density at radius 2 is 1.61 bits per heavy atom. The highest BCUT2D eigenvalue weighted by Gasteiger charge is 2.15. The topological polar surface area (TPSA) is 69.9 Å². The third kappa shape index (κ3) is 3.78. The van der Waals surface area contributed by atoms with Crippen LogP contribution in [0.2, 0.25) is 0 Å². The van der Waals surface area contributed by atoms with Crippen molar-refractivity contribution in [2.45, 2.75) is 6.54 Å². The highest BCUT2D eigenvalue weighted by atomic mass is 16.5. The summed E-state index contributed by atoms with van der Waals surface area (Å²) in [4.78, 5) is 9.23. The lowest BCUT2D eigenvalue weighted by Gasteiger charge is -2.15. The summed E-state index contributed by atoms with van der Waals surface area (Å²) < 4.78 is 18.4. The van der Waals surface area contributed by atoms with Crippen molar-refractivity contribution in [3.8, 4) is 28.5 Å². The maximum absolute atomic E-state index is 5.46. The number of aromatic nitrogens is 3. The van der Waals surface area contributed by atoms with E-state index in [0.717, 1.165) is 22.5 Å². The molecule has 0 spiro atoms. The molecule has 0 aliphatic carbocycles. The van der Waals surface area contributed by atoms with Crippen molar-refractivity contribution in [3.05, 3.63) is 78.8 Å². The Kier molecular flexibility index (Phi) is 5.44. The largest absolute Gasteiger partial charge is 0.493 e. The van der Waals surface area contributed by atoms with Crippen molar-refractivity contribution < 1.29 is 14.2 Å². The fourth-order valence-corrected chi connectivity index (χ4v) is 4.03. The molecule has 0 fully saturated rings. The minimum Gasteiger partial charge on any atom is -0.493 e. The molecule has 1 N–H and O–H groups in total. The van der Waals surface area contributed by atoms with E-state index in [0.29, 0.717) is 29.6 Å². The fourth-order valence-electron chi connectivity index (χ4n) is 4.03. The molecule has 166 valence electrons. The van der Waals surface area contributed by atoms with Gasteiger partial charge in [-0.3, -0.25) is 4.40 Å². The molecular weight excluding hydrogens is 416 g/mol. The molecule has 0 radical (unpaired) electrons. The van der Waals surface area contributed by atoms with E-state index in [4.69, 9.17) is 14.2 Å². The number of imidazole rings is 1.